The lowest BCUT2D eigenvalue weighted by Crippen LogP contribution is -2.37. The molecule has 31 heavy (non-hydrogen) atoms. The topological polar surface area (TPSA) is 84.7 Å². The lowest BCUT2D eigenvalue weighted by molar-refractivity contribution is 0.102. The van der Waals surface area contributed by atoms with E-state index in [4.69, 9.17) is 4.74 Å². The van der Waals surface area contributed by atoms with Gasteiger partial charge < -0.3 is 15.0 Å². The first-order chi connectivity index (χ1) is 15.2. The number of imidazole rings is 1. The van der Waals surface area contributed by atoms with Crippen molar-refractivity contribution in [3.05, 3.63) is 72.4 Å². The molecule has 156 valence electrons. The summed E-state index contributed by atoms with van der Waals surface area (Å²) in [6, 6.07) is 11.5. The summed E-state index contributed by atoms with van der Waals surface area (Å²) < 4.78 is 21.3. The Kier molecular flexibility index (Phi) is 5.01. The van der Waals surface area contributed by atoms with E-state index in [1.807, 2.05) is 0 Å². The van der Waals surface area contributed by atoms with Crippen molar-refractivity contribution in [2.24, 2.45) is 0 Å². The monoisotopic (exact) mass is 418 g/mol. The van der Waals surface area contributed by atoms with Crippen molar-refractivity contribution in [2.45, 2.75) is 0 Å². The van der Waals surface area contributed by atoms with Gasteiger partial charge >= 0.3 is 0 Å². The molecule has 5 rings (SSSR count). The predicted octanol–water partition coefficient (Wildman–Crippen LogP) is 3.02. The van der Waals surface area contributed by atoms with Crippen LogP contribution in [0.15, 0.2) is 61.1 Å². The number of nitrogens with one attached hydrogen (secondary N) is 1. The summed E-state index contributed by atoms with van der Waals surface area (Å²) in [6.07, 6.45) is 4.84. The molecule has 4 heterocycles. The predicted molar refractivity (Wildman–Crippen MR) is 114 cm³/mol. The first-order valence-electron chi connectivity index (χ1n) is 9.88. The van der Waals surface area contributed by atoms with Crippen LogP contribution in [0.2, 0.25) is 0 Å². The van der Waals surface area contributed by atoms with Crippen LogP contribution in [0.4, 0.5) is 15.9 Å². The third-order valence-electron chi connectivity index (χ3n) is 5.08. The SMILES string of the molecule is O=C(Nc1ccncc1)c1cc(N2CCOCC2)nn2cc(-c3ccccc3F)nc12. The van der Waals surface area contributed by atoms with E-state index < -0.39 is 0 Å². The Morgan fingerprint density at radius 1 is 1.10 bits per heavy atom. The molecule has 4 aromatic rings. The minimum Gasteiger partial charge on any atom is -0.378 e. The molecule has 1 fully saturated rings. The molecule has 9 heteroatoms. The molecule has 1 saturated heterocycles. The van der Waals surface area contributed by atoms with Gasteiger partial charge in [0.15, 0.2) is 11.5 Å². The largest absolute Gasteiger partial charge is 0.378 e. The number of fused-ring (bicyclic) bond motifs is 1. The molecule has 8 nitrogen and oxygen atoms in total. The fourth-order valence-corrected chi connectivity index (χ4v) is 3.51. The summed E-state index contributed by atoms with van der Waals surface area (Å²) in [6.45, 7) is 2.50. The Morgan fingerprint density at radius 3 is 2.65 bits per heavy atom. The van der Waals surface area contributed by atoms with Crippen LogP contribution >= 0.6 is 0 Å². The molecule has 1 aliphatic heterocycles. The van der Waals surface area contributed by atoms with E-state index in [0.29, 0.717) is 60.3 Å². The van der Waals surface area contributed by atoms with Gasteiger partial charge in [0.2, 0.25) is 0 Å². The van der Waals surface area contributed by atoms with E-state index in [-0.39, 0.29) is 11.7 Å². The first-order valence-corrected chi connectivity index (χ1v) is 9.88. The van der Waals surface area contributed by atoms with Gasteiger partial charge in [0.1, 0.15) is 5.82 Å². The van der Waals surface area contributed by atoms with E-state index >= 15 is 0 Å². The van der Waals surface area contributed by atoms with E-state index in [9.17, 15) is 9.18 Å². The average Bonchev–Trinajstić information content (AvgIpc) is 3.24. The number of amides is 1. The van der Waals surface area contributed by atoms with Crippen molar-refractivity contribution >= 4 is 23.1 Å². The van der Waals surface area contributed by atoms with Gasteiger partial charge in [-0.25, -0.2) is 13.9 Å². The van der Waals surface area contributed by atoms with Gasteiger partial charge in [-0.05, 0) is 30.3 Å². The molecule has 0 atom stereocenters. The molecule has 1 amide bonds. The number of rotatable bonds is 4. The summed E-state index contributed by atoms with van der Waals surface area (Å²) in [4.78, 5) is 23.7. The Morgan fingerprint density at radius 2 is 1.87 bits per heavy atom. The molecule has 1 aromatic carbocycles. The number of benzene rings is 1. The normalized spacial score (nSPS) is 14.0. The number of nitrogens with zero attached hydrogens (tertiary/aromatic N) is 5. The number of aromatic nitrogens is 4. The number of carbonyl (C=O) groups is 1. The Bertz CT molecular complexity index is 1240. The summed E-state index contributed by atoms with van der Waals surface area (Å²) in [7, 11) is 0. The van der Waals surface area contributed by atoms with Crippen molar-refractivity contribution in [3.8, 4) is 11.3 Å². The van der Waals surface area contributed by atoms with E-state index in [1.165, 1.54) is 10.6 Å². The molecular formula is C22H19FN6O2. The minimum absolute atomic E-state index is 0.334. The number of pyridine rings is 1. The van der Waals surface area contributed by atoms with Crippen molar-refractivity contribution in [1.82, 2.24) is 19.6 Å². The highest BCUT2D eigenvalue weighted by Gasteiger charge is 2.21. The van der Waals surface area contributed by atoms with Gasteiger partial charge in [0.05, 0.1) is 30.7 Å². The van der Waals surface area contributed by atoms with Gasteiger partial charge in [-0.15, -0.1) is 5.10 Å². The molecule has 1 aliphatic rings. The summed E-state index contributed by atoms with van der Waals surface area (Å²) in [5, 5.41) is 7.50. The molecule has 0 aliphatic carbocycles. The van der Waals surface area contributed by atoms with E-state index in [1.54, 1.807) is 55.0 Å². The van der Waals surface area contributed by atoms with Crippen molar-refractivity contribution in [2.75, 3.05) is 36.5 Å². The molecule has 0 unspecified atom stereocenters. The van der Waals surface area contributed by atoms with Crippen LogP contribution in [0.5, 0.6) is 0 Å². The highest BCUT2D eigenvalue weighted by molar-refractivity contribution is 6.08. The summed E-state index contributed by atoms with van der Waals surface area (Å²) in [5.74, 6) is -0.0888. The number of hydrogen-bond acceptors (Lipinski definition) is 6. The van der Waals surface area contributed by atoms with Gasteiger partial charge in [0, 0.05) is 36.7 Å². The van der Waals surface area contributed by atoms with Crippen LogP contribution in [0.1, 0.15) is 10.4 Å². The standard InChI is InChI=1S/C22H19FN6O2/c23-18-4-2-1-3-16(18)19-14-29-21(26-19)17(22(30)25-15-5-7-24-8-6-15)13-20(27-29)28-9-11-31-12-10-28/h1-8,13-14H,9-12H2,(H,24,25,30). The van der Waals surface area contributed by atoms with Crippen LogP contribution in [0, 0.1) is 5.82 Å². The molecule has 0 saturated carbocycles. The zero-order valence-corrected chi connectivity index (χ0v) is 16.5. The van der Waals surface area contributed by atoms with Crippen molar-refractivity contribution in [1.29, 1.82) is 0 Å². The Hall–Kier alpha value is -3.85. The quantitative estimate of drug-likeness (QED) is 0.549. The molecule has 0 spiro atoms. The maximum Gasteiger partial charge on any atom is 0.259 e. The second kappa shape index (κ2) is 8.11. The van der Waals surface area contributed by atoms with Crippen molar-refractivity contribution in [3.63, 3.8) is 0 Å². The Labute approximate surface area is 177 Å². The minimum atomic E-state index is -0.387. The second-order valence-corrected chi connectivity index (χ2v) is 7.08. The van der Waals surface area contributed by atoms with Gasteiger partial charge in [0.25, 0.3) is 5.91 Å². The van der Waals surface area contributed by atoms with E-state index in [0.717, 1.165) is 0 Å². The number of halogens is 1. The lowest BCUT2D eigenvalue weighted by atomic mass is 10.1. The average molecular weight is 418 g/mol. The fourth-order valence-electron chi connectivity index (χ4n) is 3.51. The maximum atomic E-state index is 14.3. The number of morpholine rings is 1. The number of hydrogen-bond donors (Lipinski definition) is 1. The smallest absolute Gasteiger partial charge is 0.259 e. The highest BCUT2D eigenvalue weighted by Crippen LogP contribution is 2.25. The van der Waals surface area contributed by atoms with Crippen LogP contribution in [-0.4, -0.2) is 51.8 Å². The fraction of sp³-hybridized carbons (Fsp3) is 0.182. The number of carbonyl (C=O) groups excluding carboxylic acids is 1. The van der Waals surface area contributed by atoms with Gasteiger partial charge in [-0.2, -0.15) is 0 Å². The maximum absolute atomic E-state index is 14.3. The van der Waals surface area contributed by atoms with Crippen LogP contribution in [-0.2, 0) is 4.74 Å². The van der Waals surface area contributed by atoms with Gasteiger partial charge in [-0.3, -0.25) is 9.78 Å². The lowest BCUT2D eigenvalue weighted by Gasteiger charge is -2.27. The van der Waals surface area contributed by atoms with Gasteiger partial charge in [-0.1, -0.05) is 12.1 Å². The number of anilines is 2. The second-order valence-electron chi connectivity index (χ2n) is 7.08. The molecule has 1 N–H and O–H groups in total. The zero-order chi connectivity index (χ0) is 21.2. The Balaban J connectivity index is 1.61. The molecule has 0 bridgehead atoms. The highest BCUT2D eigenvalue weighted by atomic mass is 19.1. The third kappa shape index (κ3) is 3.82. The first kappa shape index (κ1) is 19.1. The van der Waals surface area contributed by atoms with Crippen LogP contribution in [0.3, 0.4) is 0 Å². The molecular weight excluding hydrogens is 399 g/mol. The zero-order valence-electron chi connectivity index (χ0n) is 16.5. The van der Waals surface area contributed by atoms with Crippen molar-refractivity contribution < 1.29 is 13.9 Å². The molecule has 3 aromatic heterocycles. The van der Waals surface area contributed by atoms with Crippen LogP contribution < -0.4 is 10.2 Å². The summed E-state index contributed by atoms with van der Waals surface area (Å²) in [5.41, 5.74) is 2.06. The third-order valence-corrected chi connectivity index (χ3v) is 5.08. The number of ether oxygens (including phenoxy) is 1. The summed E-state index contributed by atoms with van der Waals surface area (Å²) >= 11 is 0. The van der Waals surface area contributed by atoms with Crippen LogP contribution in [0.25, 0.3) is 16.9 Å². The molecule has 0 radical (unpaired) electrons. The van der Waals surface area contributed by atoms with E-state index in [2.05, 4.69) is 25.3 Å².